The number of ketones is 1. The number of Topliss-reactive ketones (excluding diaryl/α,β-unsaturated/α-hetero) is 1. The van der Waals surface area contributed by atoms with Gasteiger partial charge in [0.1, 0.15) is 0 Å². The molecule has 0 radical (unpaired) electrons. The van der Waals surface area contributed by atoms with Crippen molar-refractivity contribution < 1.29 is 19.1 Å². The third-order valence-electron chi connectivity index (χ3n) is 4.32. The van der Waals surface area contributed by atoms with Crippen molar-refractivity contribution in [2.24, 2.45) is 0 Å². The van der Waals surface area contributed by atoms with E-state index in [4.69, 9.17) is 4.74 Å². The summed E-state index contributed by atoms with van der Waals surface area (Å²) in [5.74, 6) is -1.26. The molecule has 0 aliphatic heterocycles. The molecule has 0 spiro atoms. The summed E-state index contributed by atoms with van der Waals surface area (Å²) in [4.78, 5) is 36.9. The minimum Gasteiger partial charge on any atom is -0.444 e. The highest BCUT2D eigenvalue weighted by molar-refractivity contribution is 5.99. The van der Waals surface area contributed by atoms with E-state index < -0.39 is 18.0 Å². The Kier molecular flexibility index (Phi) is 6.90. The number of anilines is 1. The van der Waals surface area contributed by atoms with Gasteiger partial charge in [0.15, 0.2) is 5.78 Å². The summed E-state index contributed by atoms with van der Waals surface area (Å²) in [6.45, 7) is 1.45. The monoisotopic (exact) mass is 399 g/mol. The molecule has 0 aliphatic carbocycles. The Morgan fingerprint density at radius 2 is 1.53 bits per heavy atom. The molecule has 3 aromatic rings. The Morgan fingerprint density at radius 3 is 2.20 bits per heavy atom. The highest BCUT2D eigenvalue weighted by Crippen LogP contribution is 2.21. The average molecular weight is 399 g/mol. The van der Waals surface area contributed by atoms with Crippen molar-refractivity contribution in [3.63, 3.8) is 0 Å². The maximum atomic E-state index is 12.9. The first-order chi connectivity index (χ1) is 14.5. The lowest BCUT2D eigenvalue weighted by atomic mass is 10.1. The third-order valence-corrected chi connectivity index (χ3v) is 4.32. The third kappa shape index (κ3) is 5.75. The smallest absolute Gasteiger partial charge is 0.331 e. The largest absolute Gasteiger partial charge is 0.444 e. The van der Waals surface area contributed by atoms with E-state index >= 15 is 0 Å². The second-order valence-electron chi connectivity index (χ2n) is 6.60. The molecule has 0 aliphatic rings. The first kappa shape index (κ1) is 20.7. The lowest BCUT2D eigenvalue weighted by Gasteiger charge is -2.17. The molecule has 3 aromatic carbocycles. The van der Waals surface area contributed by atoms with Crippen molar-refractivity contribution in [1.82, 2.24) is 0 Å². The predicted octanol–water partition coefficient (Wildman–Crippen LogP) is 4.83. The van der Waals surface area contributed by atoms with Crippen molar-refractivity contribution in [3.8, 4) is 0 Å². The SMILES string of the molecule is CC(=O)c1cccc(NC(=O)C(OC(=O)C=Cc2ccccc2)c2ccccc2)c1. The Balaban J connectivity index is 1.78. The molecule has 5 nitrogen and oxygen atoms in total. The minimum atomic E-state index is -1.14. The van der Waals surface area contributed by atoms with Crippen LogP contribution in [0.5, 0.6) is 0 Å². The van der Waals surface area contributed by atoms with E-state index in [9.17, 15) is 14.4 Å². The number of hydrogen-bond donors (Lipinski definition) is 1. The zero-order valence-corrected chi connectivity index (χ0v) is 16.4. The number of benzene rings is 3. The van der Waals surface area contributed by atoms with Gasteiger partial charge >= 0.3 is 5.97 Å². The van der Waals surface area contributed by atoms with Crippen LogP contribution in [-0.2, 0) is 14.3 Å². The lowest BCUT2D eigenvalue weighted by Crippen LogP contribution is -2.25. The van der Waals surface area contributed by atoms with Crippen LogP contribution < -0.4 is 5.32 Å². The summed E-state index contributed by atoms with van der Waals surface area (Å²) >= 11 is 0. The molecule has 30 heavy (non-hydrogen) atoms. The quantitative estimate of drug-likeness (QED) is 0.351. The molecule has 1 N–H and O–H groups in total. The first-order valence-corrected chi connectivity index (χ1v) is 9.43. The average Bonchev–Trinajstić information content (AvgIpc) is 2.77. The van der Waals surface area contributed by atoms with E-state index in [2.05, 4.69) is 5.32 Å². The molecule has 0 heterocycles. The van der Waals surface area contributed by atoms with Crippen LogP contribution in [0, 0.1) is 0 Å². The second-order valence-corrected chi connectivity index (χ2v) is 6.60. The highest BCUT2D eigenvalue weighted by atomic mass is 16.5. The van der Waals surface area contributed by atoms with Crippen molar-refractivity contribution >= 4 is 29.4 Å². The van der Waals surface area contributed by atoms with E-state index in [-0.39, 0.29) is 5.78 Å². The number of hydrogen-bond acceptors (Lipinski definition) is 4. The zero-order valence-electron chi connectivity index (χ0n) is 16.4. The fourth-order valence-corrected chi connectivity index (χ4v) is 2.81. The molecule has 1 unspecified atom stereocenters. The van der Waals surface area contributed by atoms with Crippen molar-refractivity contribution in [2.45, 2.75) is 13.0 Å². The van der Waals surface area contributed by atoms with Crippen LogP contribution in [-0.4, -0.2) is 17.7 Å². The van der Waals surface area contributed by atoms with Crippen LogP contribution in [0.15, 0.2) is 91.0 Å². The number of ether oxygens (including phenoxy) is 1. The van der Waals surface area contributed by atoms with Crippen molar-refractivity contribution in [1.29, 1.82) is 0 Å². The molecule has 0 saturated heterocycles. The summed E-state index contributed by atoms with van der Waals surface area (Å²) in [5.41, 5.74) is 2.31. The predicted molar refractivity (Wildman–Crippen MR) is 116 cm³/mol. The van der Waals surface area contributed by atoms with Gasteiger partial charge in [-0.15, -0.1) is 0 Å². The molecule has 0 saturated carbocycles. The summed E-state index contributed by atoms with van der Waals surface area (Å²) in [6.07, 6.45) is 1.77. The molecule has 1 amide bonds. The summed E-state index contributed by atoms with van der Waals surface area (Å²) in [5, 5.41) is 2.72. The summed E-state index contributed by atoms with van der Waals surface area (Å²) in [7, 11) is 0. The van der Waals surface area contributed by atoms with Gasteiger partial charge in [-0.2, -0.15) is 0 Å². The minimum absolute atomic E-state index is 0.108. The number of amides is 1. The molecule has 0 bridgehead atoms. The standard InChI is InChI=1S/C25H21NO4/c1-18(27)21-13-8-14-22(17-21)26-25(29)24(20-11-6-3-7-12-20)30-23(28)16-15-19-9-4-2-5-10-19/h2-17,24H,1H3,(H,26,29). The first-order valence-electron chi connectivity index (χ1n) is 9.43. The van der Waals surface area contributed by atoms with Gasteiger partial charge in [0.2, 0.25) is 6.10 Å². The molecule has 150 valence electrons. The number of rotatable bonds is 7. The van der Waals surface area contributed by atoms with Crippen LogP contribution in [0.4, 0.5) is 5.69 Å². The van der Waals surface area contributed by atoms with E-state index in [1.807, 2.05) is 36.4 Å². The van der Waals surface area contributed by atoms with Crippen molar-refractivity contribution in [3.05, 3.63) is 108 Å². The van der Waals surface area contributed by atoms with Crippen molar-refractivity contribution in [2.75, 3.05) is 5.32 Å². The van der Waals surface area contributed by atoms with E-state index in [1.165, 1.54) is 13.0 Å². The summed E-state index contributed by atoms with van der Waals surface area (Å²) in [6, 6.07) is 24.7. The maximum Gasteiger partial charge on any atom is 0.331 e. The highest BCUT2D eigenvalue weighted by Gasteiger charge is 2.24. The van der Waals surface area contributed by atoms with E-state index in [0.717, 1.165) is 5.56 Å². The number of esters is 1. The van der Waals surface area contributed by atoms with Gasteiger partial charge < -0.3 is 10.1 Å². The maximum absolute atomic E-state index is 12.9. The van der Waals surface area contributed by atoms with Gasteiger partial charge in [-0.1, -0.05) is 72.8 Å². The van der Waals surface area contributed by atoms with E-state index in [1.54, 1.807) is 54.6 Å². The van der Waals surface area contributed by atoms with Gasteiger partial charge in [0.05, 0.1) is 0 Å². The molecule has 1 atom stereocenters. The molecule has 5 heteroatoms. The number of carbonyl (C=O) groups is 3. The normalized spacial score (nSPS) is 11.6. The molecular weight excluding hydrogens is 378 g/mol. The van der Waals surface area contributed by atoms with E-state index in [0.29, 0.717) is 16.8 Å². The van der Waals surface area contributed by atoms with Gasteiger partial charge in [0.25, 0.3) is 5.91 Å². The molecule has 3 rings (SSSR count). The topological polar surface area (TPSA) is 72.5 Å². The molecule has 0 fully saturated rings. The van der Waals surface area contributed by atoms with Gasteiger partial charge in [-0.25, -0.2) is 4.79 Å². The lowest BCUT2D eigenvalue weighted by molar-refractivity contribution is -0.149. The number of carbonyl (C=O) groups excluding carboxylic acids is 3. The fourth-order valence-electron chi connectivity index (χ4n) is 2.81. The van der Waals surface area contributed by atoms with Crippen LogP contribution in [0.2, 0.25) is 0 Å². The Hall–Kier alpha value is -3.99. The Labute approximate surface area is 175 Å². The Bertz CT molecular complexity index is 1060. The second kappa shape index (κ2) is 9.98. The van der Waals surface area contributed by atoms with Gasteiger partial charge in [0, 0.05) is 22.9 Å². The van der Waals surface area contributed by atoms with Gasteiger partial charge in [-0.3, -0.25) is 9.59 Å². The molecular formula is C25H21NO4. The molecule has 0 aromatic heterocycles. The van der Waals surface area contributed by atoms with Crippen LogP contribution >= 0.6 is 0 Å². The number of nitrogens with one attached hydrogen (secondary N) is 1. The van der Waals surface area contributed by atoms with Crippen LogP contribution in [0.25, 0.3) is 6.08 Å². The zero-order chi connectivity index (χ0) is 21.3. The Morgan fingerprint density at radius 1 is 0.867 bits per heavy atom. The summed E-state index contributed by atoms with van der Waals surface area (Å²) < 4.78 is 5.47. The van der Waals surface area contributed by atoms with Crippen LogP contribution in [0.1, 0.15) is 34.5 Å². The van der Waals surface area contributed by atoms with Gasteiger partial charge in [-0.05, 0) is 30.7 Å². The van der Waals surface area contributed by atoms with Crippen LogP contribution in [0.3, 0.4) is 0 Å². The fraction of sp³-hybridized carbons (Fsp3) is 0.0800.